The number of aromatic nitrogens is 3. The number of amides is 1. The van der Waals surface area contributed by atoms with Gasteiger partial charge in [0.25, 0.3) is 5.91 Å². The first-order chi connectivity index (χ1) is 14.6. The number of benzene rings is 1. The average molecular weight is 427 g/mol. The topological polar surface area (TPSA) is 63.1 Å². The van der Waals surface area contributed by atoms with Gasteiger partial charge < -0.3 is 5.32 Å². The SMILES string of the molecule is Cn1cc(-c2ccc3cnc(NC(=O)C4(F)CCN(CC(C)(C)F)CC4)cc3c2)cn1. The molecular formula is C23H27F2N5O. The molecule has 1 N–H and O–H groups in total. The summed E-state index contributed by atoms with van der Waals surface area (Å²) < 4.78 is 30.9. The molecule has 0 radical (unpaired) electrons. The average Bonchev–Trinajstić information content (AvgIpc) is 3.14. The van der Waals surface area contributed by atoms with Gasteiger partial charge in [-0.2, -0.15) is 5.10 Å². The number of hydrogen-bond acceptors (Lipinski definition) is 4. The molecule has 1 amide bonds. The lowest BCUT2D eigenvalue weighted by molar-refractivity contribution is -0.130. The van der Waals surface area contributed by atoms with Crippen LogP contribution in [0.2, 0.25) is 0 Å². The molecule has 31 heavy (non-hydrogen) atoms. The maximum absolute atomic E-state index is 15.3. The molecule has 4 rings (SSSR count). The lowest BCUT2D eigenvalue weighted by atomic mass is 9.91. The summed E-state index contributed by atoms with van der Waals surface area (Å²) >= 11 is 0. The number of fused-ring (bicyclic) bond motifs is 1. The largest absolute Gasteiger partial charge is 0.308 e. The van der Waals surface area contributed by atoms with E-state index in [1.54, 1.807) is 23.1 Å². The van der Waals surface area contributed by atoms with Gasteiger partial charge in [0.15, 0.2) is 5.67 Å². The predicted molar refractivity (Wildman–Crippen MR) is 117 cm³/mol. The lowest BCUT2D eigenvalue weighted by Crippen LogP contribution is -2.50. The van der Waals surface area contributed by atoms with Crippen molar-refractivity contribution in [1.29, 1.82) is 0 Å². The summed E-state index contributed by atoms with van der Waals surface area (Å²) in [6, 6.07) is 7.68. The molecule has 1 aliphatic rings. The number of hydrogen-bond donors (Lipinski definition) is 1. The number of aryl methyl sites for hydroxylation is 1. The van der Waals surface area contributed by atoms with E-state index in [0.717, 1.165) is 21.9 Å². The van der Waals surface area contributed by atoms with Gasteiger partial charge in [0.2, 0.25) is 0 Å². The van der Waals surface area contributed by atoms with Gasteiger partial charge in [0, 0.05) is 62.9 Å². The number of pyridine rings is 1. The summed E-state index contributed by atoms with van der Waals surface area (Å²) in [4.78, 5) is 18.8. The fraction of sp³-hybridized carbons (Fsp3) is 0.435. The Kier molecular flexibility index (Phi) is 5.51. The van der Waals surface area contributed by atoms with E-state index in [1.807, 2.05) is 36.3 Å². The van der Waals surface area contributed by atoms with E-state index in [9.17, 15) is 9.18 Å². The number of halogens is 2. The van der Waals surface area contributed by atoms with Gasteiger partial charge in [-0.05, 0) is 36.9 Å². The van der Waals surface area contributed by atoms with Crippen molar-refractivity contribution in [2.24, 2.45) is 7.05 Å². The molecule has 0 unspecified atom stereocenters. The zero-order valence-corrected chi connectivity index (χ0v) is 18.0. The third-order valence-electron chi connectivity index (χ3n) is 5.66. The number of carbonyl (C=O) groups is 1. The third-order valence-corrected chi connectivity index (χ3v) is 5.66. The molecule has 1 fully saturated rings. The van der Waals surface area contributed by atoms with E-state index in [-0.39, 0.29) is 19.4 Å². The molecule has 8 heteroatoms. The van der Waals surface area contributed by atoms with Crippen molar-refractivity contribution in [3.63, 3.8) is 0 Å². The second-order valence-corrected chi connectivity index (χ2v) is 8.95. The lowest BCUT2D eigenvalue weighted by Gasteiger charge is -2.37. The van der Waals surface area contributed by atoms with Crippen LogP contribution in [-0.4, -0.2) is 56.5 Å². The Balaban J connectivity index is 1.47. The van der Waals surface area contributed by atoms with Gasteiger partial charge in [-0.3, -0.25) is 14.4 Å². The Morgan fingerprint density at radius 1 is 1.16 bits per heavy atom. The minimum Gasteiger partial charge on any atom is -0.308 e. The van der Waals surface area contributed by atoms with Crippen molar-refractivity contribution in [3.05, 3.63) is 42.9 Å². The fourth-order valence-corrected chi connectivity index (χ4v) is 4.01. The Labute approximate surface area is 180 Å². The Bertz CT molecular complexity index is 1100. The van der Waals surface area contributed by atoms with Crippen molar-refractivity contribution in [2.45, 2.75) is 38.0 Å². The van der Waals surface area contributed by atoms with E-state index < -0.39 is 17.2 Å². The number of anilines is 1. The van der Waals surface area contributed by atoms with Crippen molar-refractivity contribution in [1.82, 2.24) is 19.7 Å². The maximum atomic E-state index is 15.3. The number of alkyl halides is 2. The van der Waals surface area contributed by atoms with Crippen LogP contribution in [0.4, 0.5) is 14.6 Å². The van der Waals surface area contributed by atoms with Crippen LogP contribution < -0.4 is 5.32 Å². The molecule has 1 saturated heterocycles. The molecule has 0 aliphatic carbocycles. The van der Waals surface area contributed by atoms with Gasteiger partial charge in [0.05, 0.1) is 6.20 Å². The molecule has 0 spiro atoms. The molecule has 0 bridgehead atoms. The van der Waals surface area contributed by atoms with Crippen LogP contribution in [0.3, 0.4) is 0 Å². The number of carbonyl (C=O) groups excluding carboxylic acids is 1. The number of nitrogens with zero attached hydrogens (tertiary/aromatic N) is 4. The van der Waals surface area contributed by atoms with E-state index in [4.69, 9.17) is 0 Å². The van der Waals surface area contributed by atoms with E-state index in [1.165, 1.54) is 13.8 Å². The number of nitrogens with one attached hydrogen (secondary N) is 1. The quantitative estimate of drug-likeness (QED) is 0.665. The Morgan fingerprint density at radius 3 is 2.55 bits per heavy atom. The van der Waals surface area contributed by atoms with E-state index in [2.05, 4.69) is 15.4 Å². The van der Waals surface area contributed by atoms with Crippen LogP contribution >= 0.6 is 0 Å². The second kappa shape index (κ2) is 8.00. The molecule has 0 atom stereocenters. The first kappa shape index (κ1) is 21.4. The highest BCUT2D eigenvalue weighted by Crippen LogP contribution is 2.30. The highest BCUT2D eigenvalue weighted by atomic mass is 19.1. The van der Waals surface area contributed by atoms with Gasteiger partial charge in [-0.1, -0.05) is 12.1 Å². The first-order valence-corrected chi connectivity index (χ1v) is 10.4. The van der Waals surface area contributed by atoms with Crippen LogP contribution in [0.5, 0.6) is 0 Å². The monoisotopic (exact) mass is 427 g/mol. The summed E-state index contributed by atoms with van der Waals surface area (Å²) in [6.45, 7) is 3.92. The molecule has 164 valence electrons. The van der Waals surface area contributed by atoms with E-state index in [0.29, 0.717) is 18.9 Å². The van der Waals surface area contributed by atoms with Crippen LogP contribution in [0.25, 0.3) is 21.9 Å². The standard InChI is InChI=1S/C23H27F2N5O/c1-22(2,24)15-30-8-6-23(25,7-9-30)21(31)28-20-11-18-10-16(4-5-17(18)12-26-20)19-13-27-29(3)14-19/h4-5,10-14H,6-9,15H2,1-3H3,(H,26,28,31). The number of piperidine rings is 1. The van der Waals surface area contributed by atoms with Gasteiger partial charge in [0.1, 0.15) is 11.5 Å². The van der Waals surface area contributed by atoms with Crippen molar-refractivity contribution < 1.29 is 13.6 Å². The molecule has 3 aromatic rings. The Hall–Kier alpha value is -2.87. The Morgan fingerprint density at radius 2 is 1.90 bits per heavy atom. The molecule has 6 nitrogen and oxygen atoms in total. The maximum Gasteiger partial charge on any atom is 0.263 e. The molecular weight excluding hydrogens is 400 g/mol. The first-order valence-electron chi connectivity index (χ1n) is 10.4. The summed E-state index contributed by atoms with van der Waals surface area (Å²) in [5.74, 6) is -0.382. The van der Waals surface area contributed by atoms with Crippen molar-refractivity contribution in [2.75, 3.05) is 25.0 Å². The van der Waals surface area contributed by atoms with Crippen LogP contribution in [-0.2, 0) is 11.8 Å². The number of likely N-dealkylation sites (tertiary alicyclic amines) is 1. The minimum absolute atomic E-state index is 0.0354. The molecule has 1 aromatic carbocycles. The highest BCUT2D eigenvalue weighted by Gasteiger charge is 2.42. The second-order valence-electron chi connectivity index (χ2n) is 8.95. The third kappa shape index (κ3) is 4.90. The summed E-state index contributed by atoms with van der Waals surface area (Å²) in [7, 11) is 1.86. The number of rotatable bonds is 5. The van der Waals surface area contributed by atoms with Crippen LogP contribution in [0.15, 0.2) is 42.9 Å². The zero-order chi connectivity index (χ0) is 22.2. The molecule has 1 aliphatic heterocycles. The zero-order valence-electron chi connectivity index (χ0n) is 18.0. The summed E-state index contributed by atoms with van der Waals surface area (Å²) in [6.07, 6.45) is 5.44. The molecule has 2 aromatic heterocycles. The van der Waals surface area contributed by atoms with Crippen molar-refractivity contribution >= 4 is 22.5 Å². The van der Waals surface area contributed by atoms with E-state index >= 15 is 4.39 Å². The smallest absolute Gasteiger partial charge is 0.263 e. The fourth-order valence-electron chi connectivity index (χ4n) is 4.01. The summed E-state index contributed by atoms with van der Waals surface area (Å²) in [5.41, 5.74) is -1.35. The highest BCUT2D eigenvalue weighted by molar-refractivity contribution is 5.98. The summed E-state index contributed by atoms with van der Waals surface area (Å²) in [5, 5.41) is 8.64. The minimum atomic E-state index is -1.98. The van der Waals surface area contributed by atoms with Crippen LogP contribution in [0, 0.1) is 0 Å². The predicted octanol–water partition coefficient (Wildman–Crippen LogP) is 4.13. The van der Waals surface area contributed by atoms with Gasteiger partial charge >= 0.3 is 0 Å². The van der Waals surface area contributed by atoms with Gasteiger partial charge in [-0.25, -0.2) is 13.8 Å². The molecule has 3 heterocycles. The van der Waals surface area contributed by atoms with Crippen LogP contribution in [0.1, 0.15) is 26.7 Å². The van der Waals surface area contributed by atoms with Crippen molar-refractivity contribution in [3.8, 4) is 11.1 Å². The normalized spacial score (nSPS) is 17.1. The molecule has 0 saturated carbocycles. The van der Waals surface area contributed by atoms with Gasteiger partial charge in [-0.15, -0.1) is 0 Å².